The fraction of sp³-hybridized carbons (Fsp3) is 0.462. The summed E-state index contributed by atoms with van der Waals surface area (Å²) in [6.45, 7) is 5.48. The minimum atomic E-state index is -1.12. The van der Waals surface area contributed by atoms with Gasteiger partial charge in [0, 0.05) is 19.3 Å². The number of hydrogen-bond donors (Lipinski definition) is 1. The summed E-state index contributed by atoms with van der Waals surface area (Å²) in [5.74, 6) is -1.41. The van der Waals surface area contributed by atoms with Crippen molar-refractivity contribution in [1.29, 1.82) is 0 Å². The minimum Gasteiger partial charge on any atom is -0.478 e. The predicted molar refractivity (Wildman–Crippen MR) is 65.5 cm³/mol. The molecule has 0 aliphatic carbocycles. The molecule has 0 unspecified atom stereocenters. The van der Waals surface area contributed by atoms with Crippen LogP contribution in [0.25, 0.3) is 0 Å². The summed E-state index contributed by atoms with van der Waals surface area (Å²) in [4.78, 5) is 28.9. The van der Waals surface area contributed by atoms with Gasteiger partial charge in [-0.2, -0.15) is 0 Å². The molecule has 1 saturated heterocycles. The van der Waals surface area contributed by atoms with E-state index in [0.717, 1.165) is 6.42 Å². The summed E-state index contributed by atoms with van der Waals surface area (Å²) in [7, 11) is 0. The van der Waals surface area contributed by atoms with Gasteiger partial charge in [0.05, 0.1) is 5.56 Å². The van der Waals surface area contributed by atoms with Crippen LogP contribution in [0.3, 0.4) is 0 Å². The first kappa shape index (κ1) is 12.5. The number of aromatic nitrogens is 1. The number of rotatable bonds is 2. The summed E-state index contributed by atoms with van der Waals surface area (Å²) in [6.07, 6.45) is 2.37. The fourth-order valence-corrected chi connectivity index (χ4v) is 2.18. The molecule has 0 bridgehead atoms. The number of likely N-dealkylation sites (tertiary alicyclic amines) is 1. The summed E-state index contributed by atoms with van der Waals surface area (Å²) < 4.78 is 0. The monoisotopic (exact) mass is 248 g/mol. The molecule has 18 heavy (non-hydrogen) atoms. The SMILES string of the molecule is CC1(C)CCN(C(=O)c2ncccc2C(=O)O)C1. The smallest absolute Gasteiger partial charge is 0.338 e. The zero-order valence-electron chi connectivity index (χ0n) is 10.5. The quantitative estimate of drug-likeness (QED) is 0.864. The maximum absolute atomic E-state index is 12.3. The number of amides is 1. The maximum atomic E-state index is 12.3. The lowest BCUT2D eigenvalue weighted by Crippen LogP contribution is -2.32. The molecule has 96 valence electrons. The Morgan fingerprint density at radius 1 is 1.44 bits per heavy atom. The van der Waals surface area contributed by atoms with Crippen molar-refractivity contribution in [1.82, 2.24) is 9.88 Å². The molecule has 1 aliphatic rings. The van der Waals surface area contributed by atoms with E-state index in [1.54, 1.807) is 4.90 Å². The lowest BCUT2D eigenvalue weighted by Gasteiger charge is -2.19. The van der Waals surface area contributed by atoms with E-state index in [-0.39, 0.29) is 22.6 Å². The Balaban J connectivity index is 2.27. The molecule has 5 nitrogen and oxygen atoms in total. The Kier molecular flexibility index (Phi) is 3.07. The number of carbonyl (C=O) groups is 2. The number of pyridine rings is 1. The largest absolute Gasteiger partial charge is 0.478 e. The van der Waals surface area contributed by atoms with E-state index < -0.39 is 5.97 Å². The number of hydrogen-bond acceptors (Lipinski definition) is 3. The van der Waals surface area contributed by atoms with E-state index in [1.807, 2.05) is 0 Å². The molecule has 0 radical (unpaired) electrons. The van der Waals surface area contributed by atoms with Crippen LogP contribution in [0.1, 0.15) is 41.1 Å². The fourth-order valence-electron chi connectivity index (χ4n) is 2.18. The van der Waals surface area contributed by atoms with Gasteiger partial charge in [0.25, 0.3) is 5.91 Å². The highest BCUT2D eigenvalue weighted by Gasteiger charge is 2.34. The van der Waals surface area contributed by atoms with Crippen molar-refractivity contribution in [2.24, 2.45) is 5.41 Å². The number of nitrogens with zero attached hydrogens (tertiary/aromatic N) is 2. The van der Waals surface area contributed by atoms with E-state index in [4.69, 9.17) is 5.11 Å². The van der Waals surface area contributed by atoms with Gasteiger partial charge in [-0.3, -0.25) is 9.78 Å². The van der Waals surface area contributed by atoms with Crippen LogP contribution >= 0.6 is 0 Å². The van der Waals surface area contributed by atoms with E-state index >= 15 is 0 Å². The number of carbonyl (C=O) groups excluding carboxylic acids is 1. The van der Waals surface area contributed by atoms with Crippen LogP contribution in [-0.4, -0.2) is 40.0 Å². The van der Waals surface area contributed by atoms with Gasteiger partial charge in [-0.1, -0.05) is 13.8 Å². The Morgan fingerprint density at radius 3 is 2.72 bits per heavy atom. The standard InChI is InChI=1S/C13H16N2O3/c1-13(2)5-7-15(8-13)11(16)10-9(12(17)18)4-3-6-14-10/h3-4,6H,5,7-8H2,1-2H3,(H,17,18). The van der Waals surface area contributed by atoms with Crippen molar-refractivity contribution < 1.29 is 14.7 Å². The van der Waals surface area contributed by atoms with Gasteiger partial charge in [0.15, 0.2) is 0 Å². The molecule has 1 aliphatic heterocycles. The summed E-state index contributed by atoms with van der Waals surface area (Å²) in [6, 6.07) is 2.93. The molecule has 1 fully saturated rings. The highest BCUT2D eigenvalue weighted by Crippen LogP contribution is 2.29. The normalized spacial score (nSPS) is 17.8. The van der Waals surface area contributed by atoms with E-state index in [2.05, 4.69) is 18.8 Å². The molecule has 5 heteroatoms. The molecule has 1 aromatic rings. The highest BCUT2D eigenvalue weighted by atomic mass is 16.4. The van der Waals surface area contributed by atoms with Crippen LogP contribution in [0, 0.1) is 5.41 Å². The summed E-state index contributed by atoms with van der Waals surface area (Å²) >= 11 is 0. The van der Waals surface area contributed by atoms with Gasteiger partial charge < -0.3 is 10.0 Å². The minimum absolute atomic E-state index is 0.0303. The van der Waals surface area contributed by atoms with Gasteiger partial charge in [-0.15, -0.1) is 0 Å². The van der Waals surface area contributed by atoms with Crippen LogP contribution in [0.5, 0.6) is 0 Å². The van der Waals surface area contributed by atoms with Crippen LogP contribution in [-0.2, 0) is 0 Å². The van der Waals surface area contributed by atoms with Crippen molar-refractivity contribution in [3.8, 4) is 0 Å². The average Bonchev–Trinajstić information content (AvgIpc) is 2.68. The van der Waals surface area contributed by atoms with E-state index in [0.29, 0.717) is 13.1 Å². The lowest BCUT2D eigenvalue weighted by atomic mass is 9.93. The number of carboxylic acids is 1. The first-order valence-corrected chi connectivity index (χ1v) is 5.88. The molecular formula is C13H16N2O3. The predicted octanol–water partition coefficient (Wildman–Crippen LogP) is 1.65. The van der Waals surface area contributed by atoms with Crippen LogP contribution in [0.4, 0.5) is 0 Å². The molecule has 0 saturated carbocycles. The molecule has 2 rings (SSSR count). The molecular weight excluding hydrogens is 232 g/mol. The Hall–Kier alpha value is -1.91. The maximum Gasteiger partial charge on any atom is 0.338 e. The average molecular weight is 248 g/mol. The number of aromatic carboxylic acids is 1. The second-order valence-corrected chi connectivity index (χ2v) is 5.35. The summed E-state index contributed by atoms with van der Waals surface area (Å²) in [5, 5.41) is 9.05. The van der Waals surface area contributed by atoms with Crippen LogP contribution in [0.2, 0.25) is 0 Å². The third-order valence-electron chi connectivity index (χ3n) is 3.21. The Labute approximate surface area is 105 Å². The van der Waals surface area contributed by atoms with Crippen molar-refractivity contribution in [3.05, 3.63) is 29.6 Å². The first-order chi connectivity index (χ1) is 8.41. The molecule has 1 amide bonds. The Morgan fingerprint density at radius 2 is 2.17 bits per heavy atom. The second-order valence-electron chi connectivity index (χ2n) is 5.35. The van der Waals surface area contributed by atoms with Crippen molar-refractivity contribution in [2.45, 2.75) is 20.3 Å². The third-order valence-corrected chi connectivity index (χ3v) is 3.21. The van der Waals surface area contributed by atoms with Gasteiger partial charge in [-0.25, -0.2) is 4.79 Å². The Bertz CT molecular complexity index is 497. The molecule has 0 aromatic carbocycles. The molecule has 1 aromatic heterocycles. The topological polar surface area (TPSA) is 70.5 Å². The van der Waals surface area contributed by atoms with Crippen molar-refractivity contribution in [2.75, 3.05) is 13.1 Å². The lowest BCUT2D eigenvalue weighted by molar-refractivity contribution is 0.0677. The number of carboxylic acid groups (broad SMARTS) is 1. The second kappa shape index (κ2) is 4.40. The van der Waals surface area contributed by atoms with Crippen LogP contribution in [0.15, 0.2) is 18.3 Å². The molecule has 0 atom stereocenters. The highest BCUT2D eigenvalue weighted by molar-refractivity contribution is 6.03. The zero-order chi connectivity index (χ0) is 13.3. The van der Waals surface area contributed by atoms with E-state index in [9.17, 15) is 9.59 Å². The van der Waals surface area contributed by atoms with Crippen molar-refractivity contribution >= 4 is 11.9 Å². The van der Waals surface area contributed by atoms with Gasteiger partial charge in [-0.05, 0) is 24.0 Å². The van der Waals surface area contributed by atoms with Gasteiger partial charge >= 0.3 is 5.97 Å². The van der Waals surface area contributed by atoms with Gasteiger partial charge in [0.2, 0.25) is 0 Å². The van der Waals surface area contributed by atoms with E-state index in [1.165, 1.54) is 18.3 Å². The van der Waals surface area contributed by atoms with Crippen LogP contribution < -0.4 is 0 Å². The summed E-state index contributed by atoms with van der Waals surface area (Å²) in [5.41, 5.74) is 0.0864. The first-order valence-electron chi connectivity index (χ1n) is 5.88. The van der Waals surface area contributed by atoms with Crippen molar-refractivity contribution in [3.63, 3.8) is 0 Å². The molecule has 1 N–H and O–H groups in total. The molecule has 2 heterocycles. The van der Waals surface area contributed by atoms with Gasteiger partial charge in [0.1, 0.15) is 5.69 Å². The third kappa shape index (κ3) is 2.34. The molecule has 0 spiro atoms. The zero-order valence-corrected chi connectivity index (χ0v) is 10.5.